The molecule has 1 fully saturated rings. The highest BCUT2D eigenvalue weighted by Gasteiger charge is 2.17. The molecular weight excluding hydrogens is 528 g/mol. The van der Waals surface area contributed by atoms with Crippen LogP contribution >= 0.6 is 0 Å². The molecule has 1 aliphatic rings. The van der Waals surface area contributed by atoms with Crippen molar-refractivity contribution in [3.8, 4) is 11.3 Å². The van der Waals surface area contributed by atoms with E-state index in [1.165, 1.54) is 0 Å². The molecule has 2 aromatic carbocycles. The minimum Gasteiger partial charge on any atom is -0.379 e. The molecule has 0 spiro atoms. The van der Waals surface area contributed by atoms with E-state index in [4.69, 9.17) is 4.74 Å². The standard InChI is InChI=1S/C29H34N6O4S/c1-21(2)33-40(37,38)25-7-3-6-23(20-25)26-8-4-10-28-31-29(32-35(26)28)30-24-13-11-22(12-14-24)27(36)9-5-15-34-16-18-39-19-17-34/h3-4,6-8,10-14,20-21,33H,5,9,15-19H2,1-2H3,(H,30,32). The lowest BCUT2D eigenvalue weighted by atomic mass is 10.1. The van der Waals surface area contributed by atoms with Crippen LogP contribution in [0.25, 0.3) is 16.9 Å². The summed E-state index contributed by atoms with van der Waals surface area (Å²) >= 11 is 0. The number of nitrogens with one attached hydrogen (secondary N) is 2. The zero-order chi connectivity index (χ0) is 28.1. The van der Waals surface area contributed by atoms with Crippen molar-refractivity contribution in [3.63, 3.8) is 0 Å². The number of pyridine rings is 1. The molecule has 210 valence electrons. The van der Waals surface area contributed by atoms with Crippen LogP contribution in [-0.2, 0) is 14.8 Å². The number of carbonyl (C=O) groups is 1. The number of rotatable bonds is 11. The first-order valence-corrected chi connectivity index (χ1v) is 15.0. The number of morpholine rings is 1. The average Bonchev–Trinajstić information content (AvgIpc) is 3.36. The van der Waals surface area contributed by atoms with Crippen LogP contribution in [-0.4, -0.2) is 72.6 Å². The average molecular weight is 563 g/mol. The topological polar surface area (TPSA) is 118 Å². The maximum atomic E-state index is 12.7. The highest BCUT2D eigenvalue weighted by molar-refractivity contribution is 7.89. The first kappa shape index (κ1) is 27.9. The first-order valence-electron chi connectivity index (χ1n) is 13.5. The third kappa shape index (κ3) is 6.73. The number of sulfonamides is 1. The zero-order valence-corrected chi connectivity index (χ0v) is 23.5. The number of ketones is 1. The van der Waals surface area contributed by atoms with Crippen LogP contribution in [0.15, 0.2) is 71.6 Å². The predicted octanol–water partition coefficient (Wildman–Crippen LogP) is 4.12. The second-order valence-electron chi connectivity index (χ2n) is 10.1. The number of Topliss-reactive ketones (excluding diaryl/α,β-unsaturated/α-hetero) is 1. The molecule has 0 unspecified atom stereocenters. The van der Waals surface area contributed by atoms with E-state index >= 15 is 0 Å². The molecule has 5 rings (SSSR count). The maximum Gasteiger partial charge on any atom is 0.247 e. The Morgan fingerprint density at radius 3 is 2.52 bits per heavy atom. The van der Waals surface area contributed by atoms with E-state index in [1.807, 2.05) is 48.5 Å². The molecule has 3 heterocycles. The van der Waals surface area contributed by atoms with E-state index in [9.17, 15) is 13.2 Å². The molecule has 1 aliphatic heterocycles. The van der Waals surface area contributed by atoms with Gasteiger partial charge in [-0.2, -0.15) is 4.98 Å². The fourth-order valence-electron chi connectivity index (χ4n) is 4.68. The summed E-state index contributed by atoms with van der Waals surface area (Å²) in [4.78, 5) is 19.7. The van der Waals surface area contributed by atoms with E-state index < -0.39 is 10.0 Å². The summed E-state index contributed by atoms with van der Waals surface area (Å²) in [6, 6.07) is 19.4. The Morgan fingerprint density at radius 2 is 1.77 bits per heavy atom. The van der Waals surface area contributed by atoms with E-state index in [0.29, 0.717) is 34.8 Å². The van der Waals surface area contributed by atoms with Crippen LogP contribution in [0.4, 0.5) is 11.6 Å². The Morgan fingerprint density at radius 1 is 1.02 bits per heavy atom. The summed E-state index contributed by atoms with van der Waals surface area (Å²) in [6.45, 7) is 7.85. The molecule has 40 heavy (non-hydrogen) atoms. The fraction of sp³-hybridized carbons (Fsp3) is 0.345. The number of hydrogen-bond acceptors (Lipinski definition) is 8. The van der Waals surface area contributed by atoms with Gasteiger partial charge in [0.15, 0.2) is 11.4 Å². The highest BCUT2D eigenvalue weighted by Crippen LogP contribution is 2.25. The number of fused-ring (bicyclic) bond motifs is 1. The lowest BCUT2D eigenvalue weighted by molar-refractivity contribution is 0.0371. The summed E-state index contributed by atoms with van der Waals surface area (Å²) in [5.41, 5.74) is 3.46. The molecule has 10 nitrogen and oxygen atoms in total. The van der Waals surface area contributed by atoms with Crippen LogP contribution in [0.2, 0.25) is 0 Å². The van der Waals surface area contributed by atoms with Crippen LogP contribution in [0.1, 0.15) is 37.0 Å². The van der Waals surface area contributed by atoms with E-state index in [-0.39, 0.29) is 16.7 Å². The van der Waals surface area contributed by atoms with Crippen molar-refractivity contribution in [2.45, 2.75) is 37.6 Å². The van der Waals surface area contributed by atoms with Gasteiger partial charge in [-0.05, 0) is 75.3 Å². The smallest absolute Gasteiger partial charge is 0.247 e. The number of ether oxygens (including phenoxy) is 1. The van der Waals surface area contributed by atoms with Crippen molar-refractivity contribution < 1.29 is 17.9 Å². The van der Waals surface area contributed by atoms with Gasteiger partial charge in [-0.25, -0.2) is 17.7 Å². The van der Waals surface area contributed by atoms with Crippen molar-refractivity contribution in [2.75, 3.05) is 38.2 Å². The number of nitrogens with zero attached hydrogens (tertiary/aromatic N) is 4. The Balaban J connectivity index is 1.27. The molecule has 0 aliphatic carbocycles. The maximum absolute atomic E-state index is 12.7. The third-order valence-electron chi connectivity index (χ3n) is 6.64. The molecular formula is C29H34N6O4S. The lowest BCUT2D eigenvalue weighted by Gasteiger charge is -2.26. The summed E-state index contributed by atoms with van der Waals surface area (Å²) < 4.78 is 35.1. The Kier molecular flexibility index (Phi) is 8.55. The van der Waals surface area contributed by atoms with E-state index in [2.05, 4.69) is 25.0 Å². The number of hydrogen-bond donors (Lipinski definition) is 2. The summed E-state index contributed by atoms with van der Waals surface area (Å²) in [6.07, 6.45) is 1.34. The van der Waals surface area contributed by atoms with Gasteiger partial charge in [0.05, 0.1) is 23.8 Å². The SMILES string of the molecule is CC(C)NS(=O)(=O)c1cccc(-c2cccc3nc(Nc4ccc(C(=O)CCCN5CCOCC5)cc4)nn23)c1. The van der Waals surface area contributed by atoms with Crippen molar-refractivity contribution >= 4 is 33.1 Å². The number of carbonyl (C=O) groups excluding carboxylic acids is 1. The quantitative estimate of drug-likeness (QED) is 0.262. The Labute approximate surface area is 234 Å². The van der Waals surface area contributed by atoms with Crippen LogP contribution in [0, 0.1) is 0 Å². The van der Waals surface area contributed by atoms with E-state index in [0.717, 1.165) is 45.0 Å². The molecule has 1 saturated heterocycles. The molecule has 0 saturated carbocycles. The third-order valence-corrected chi connectivity index (χ3v) is 8.29. The number of anilines is 2. The monoisotopic (exact) mass is 562 g/mol. The molecule has 0 amide bonds. The van der Waals surface area contributed by atoms with Gasteiger partial charge in [0, 0.05) is 42.4 Å². The van der Waals surface area contributed by atoms with Gasteiger partial charge in [0.25, 0.3) is 0 Å². The van der Waals surface area contributed by atoms with Crippen molar-refractivity contribution in [1.29, 1.82) is 0 Å². The molecule has 0 bridgehead atoms. The molecule has 11 heteroatoms. The van der Waals surface area contributed by atoms with Crippen molar-refractivity contribution in [2.24, 2.45) is 0 Å². The Hall–Kier alpha value is -3.64. The highest BCUT2D eigenvalue weighted by atomic mass is 32.2. The van der Waals surface area contributed by atoms with Gasteiger partial charge in [-0.15, -0.1) is 5.10 Å². The fourth-order valence-corrected chi connectivity index (χ4v) is 5.98. The van der Waals surface area contributed by atoms with Gasteiger partial charge in [-0.1, -0.05) is 18.2 Å². The molecule has 4 aromatic rings. The second-order valence-corrected chi connectivity index (χ2v) is 11.8. The molecule has 0 radical (unpaired) electrons. The lowest BCUT2D eigenvalue weighted by Crippen LogP contribution is -2.36. The first-order chi connectivity index (χ1) is 19.3. The van der Waals surface area contributed by atoms with Gasteiger partial charge in [-0.3, -0.25) is 9.69 Å². The molecule has 2 N–H and O–H groups in total. The minimum absolute atomic E-state index is 0.128. The van der Waals surface area contributed by atoms with Crippen molar-refractivity contribution in [1.82, 2.24) is 24.2 Å². The normalized spacial score (nSPS) is 14.6. The van der Waals surface area contributed by atoms with Gasteiger partial charge < -0.3 is 10.1 Å². The van der Waals surface area contributed by atoms with Gasteiger partial charge in [0.1, 0.15) is 0 Å². The Bertz CT molecular complexity index is 1580. The minimum atomic E-state index is -3.64. The predicted molar refractivity (Wildman–Crippen MR) is 154 cm³/mol. The van der Waals surface area contributed by atoms with Gasteiger partial charge >= 0.3 is 0 Å². The molecule has 0 atom stereocenters. The summed E-state index contributed by atoms with van der Waals surface area (Å²) in [5, 5.41) is 7.82. The second kappa shape index (κ2) is 12.3. The number of aromatic nitrogens is 3. The van der Waals surface area contributed by atoms with E-state index in [1.54, 1.807) is 36.6 Å². The largest absolute Gasteiger partial charge is 0.379 e. The van der Waals surface area contributed by atoms with Crippen molar-refractivity contribution in [3.05, 3.63) is 72.3 Å². The zero-order valence-electron chi connectivity index (χ0n) is 22.7. The van der Waals surface area contributed by atoms with Gasteiger partial charge in [0.2, 0.25) is 16.0 Å². The summed E-state index contributed by atoms with van der Waals surface area (Å²) in [5.74, 6) is 0.519. The summed E-state index contributed by atoms with van der Waals surface area (Å²) in [7, 11) is -3.64. The van der Waals surface area contributed by atoms with Crippen LogP contribution < -0.4 is 10.0 Å². The van der Waals surface area contributed by atoms with Crippen LogP contribution in [0.5, 0.6) is 0 Å². The molecule has 2 aromatic heterocycles. The van der Waals surface area contributed by atoms with Crippen LogP contribution in [0.3, 0.4) is 0 Å². The number of benzene rings is 2.